The van der Waals surface area contributed by atoms with E-state index in [-0.39, 0.29) is 5.41 Å². The van der Waals surface area contributed by atoms with Gasteiger partial charge in [-0.15, -0.1) is 0 Å². The van der Waals surface area contributed by atoms with Crippen LogP contribution in [-0.2, 0) is 14.3 Å². The van der Waals surface area contributed by atoms with Gasteiger partial charge in [0.15, 0.2) is 0 Å². The van der Waals surface area contributed by atoms with E-state index in [1.807, 2.05) is 13.8 Å². The third kappa shape index (κ3) is 5.53. The smallest absolute Gasteiger partial charge is 0.120 e. The van der Waals surface area contributed by atoms with Crippen molar-refractivity contribution in [2.45, 2.75) is 33.1 Å². The van der Waals surface area contributed by atoms with Crippen LogP contribution in [0.25, 0.3) is 0 Å². The van der Waals surface area contributed by atoms with Crippen molar-refractivity contribution in [3.05, 3.63) is 0 Å². The first kappa shape index (κ1) is 12.3. The molecule has 0 spiro atoms. The summed E-state index contributed by atoms with van der Waals surface area (Å²) in [5.41, 5.74) is -0.307. The van der Waals surface area contributed by atoms with Crippen molar-refractivity contribution >= 4 is 12.6 Å². The number of carbonyl (C=O) groups is 2. The fraction of sp³-hybridized carbons (Fsp3) is 0.800. The minimum absolute atomic E-state index is 0.307. The lowest BCUT2D eigenvalue weighted by Crippen LogP contribution is -2.24. The van der Waals surface area contributed by atoms with Crippen molar-refractivity contribution in [2.24, 2.45) is 5.41 Å². The van der Waals surface area contributed by atoms with Crippen molar-refractivity contribution in [3.63, 3.8) is 0 Å². The van der Waals surface area contributed by atoms with Gasteiger partial charge in [-0.3, -0.25) is 0 Å². The van der Waals surface area contributed by atoms with Crippen molar-refractivity contribution in [2.75, 3.05) is 13.2 Å². The van der Waals surface area contributed by atoms with Gasteiger partial charge in [0.1, 0.15) is 12.6 Å². The Balaban J connectivity index is 3.90. The molecule has 76 valence electrons. The molecule has 0 aliphatic rings. The zero-order chi connectivity index (χ0) is 10.2. The van der Waals surface area contributed by atoms with Crippen LogP contribution in [0.1, 0.15) is 33.1 Å². The molecule has 0 rings (SSSR count). The molecule has 0 atom stereocenters. The first-order valence-electron chi connectivity index (χ1n) is 4.63. The molecule has 0 heterocycles. The monoisotopic (exact) mass is 186 g/mol. The largest absolute Gasteiger partial charge is 0.381 e. The van der Waals surface area contributed by atoms with Gasteiger partial charge in [0.2, 0.25) is 0 Å². The Morgan fingerprint density at radius 2 is 1.77 bits per heavy atom. The molecular weight excluding hydrogens is 168 g/mol. The molecular formula is C10H18O3. The molecule has 3 nitrogen and oxygen atoms in total. The van der Waals surface area contributed by atoms with E-state index < -0.39 is 0 Å². The number of aldehydes is 2. The van der Waals surface area contributed by atoms with E-state index in [1.54, 1.807) is 0 Å². The third-order valence-corrected chi connectivity index (χ3v) is 1.95. The summed E-state index contributed by atoms with van der Waals surface area (Å²) in [5, 5.41) is 0. The molecule has 0 aliphatic carbocycles. The lowest BCUT2D eigenvalue weighted by molar-refractivity contribution is -0.114. The van der Waals surface area contributed by atoms with Gasteiger partial charge in [0.05, 0.1) is 6.61 Å². The van der Waals surface area contributed by atoms with E-state index in [0.29, 0.717) is 26.1 Å². The van der Waals surface area contributed by atoms with Crippen LogP contribution in [0.4, 0.5) is 0 Å². The van der Waals surface area contributed by atoms with Gasteiger partial charge in [-0.05, 0) is 6.42 Å². The summed E-state index contributed by atoms with van der Waals surface area (Å²) in [6.45, 7) is 5.09. The Bertz CT molecular complexity index is 144. The standard InChI is InChI=1S/C10H18O3/c1-3-8-13-9-10(2,4-6-11)5-7-12/h6-7H,3-5,8-9H2,1-2H3. The lowest BCUT2D eigenvalue weighted by atomic mass is 9.85. The van der Waals surface area contributed by atoms with Crippen LogP contribution in [0, 0.1) is 5.41 Å². The minimum atomic E-state index is -0.307. The van der Waals surface area contributed by atoms with Crippen LogP contribution in [0.5, 0.6) is 0 Å². The van der Waals surface area contributed by atoms with Gasteiger partial charge in [-0.1, -0.05) is 13.8 Å². The van der Waals surface area contributed by atoms with E-state index >= 15 is 0 Å². The molecule has 13 heavy (non-hydrogen) atoms. The van der Waals surface area contributed by atoms with Gasteiger partial charge in [-0.25, -0.2) is 0 Å². The summed E-state index contributed by atoms with van der Waals surface area (Å²) in [4.78, 5) is 20.7. The predicted octanol–water partition coefficient (Wildman–Crippen LogP) is 1.60. The molecule has 0 saturated carbocycles. The average Bonchev–Trinajstić information content (AvgIpc) is 2.05. The maximum absolute atomic E-state index is 10.4. The number of carbonyl (C=O) groups excluding carboxylic acids is 2. The van der Waals surface area contributed by atoms with Crippen LogP contribution in [0.15, 0.2) is 0 Å². The first-order valence-corrected chi connectivity index (χ1v) is 4.63. The molecule has 3 heteroatoms. The molecule has 0 fully saturated rings. The summed E-state index contributed by atoms with van der Waals surface area (Å²) in [5.74, 6) is 0. The van der Waals surface area contributed by atoms with E-state index in [0.717, 1.165) is 19.0 Å². The lowest BCUT2D eigenvalue weighted by Gasteiger charge is -2.24. The number of hydrogen-bond acceptors (Lipinski definition) is 3. The van der Waals surface area contributed by atoms with E-state index in [1.165, 1.54) is 0 Å². The molecule has 0 aromatic heterocycles. The summed E-state index contributed by atoms with van der Waals surface area (Å²) in [6, 6.07) is 0. The Morgan fingerprint density at radius 3 is 2.15 bits per heavy atom. The fourth-order valence-corrected chi connectivity index (χ4v) is 1.07. The van der Waals surface area contributed by atoms with Gasteiger partial charge in [0.25, 0.3) is 0 Å². The van der Waals surface area contributed by atoms with Crippen LogP contribution >= 0.6 is 0 Å². The second-order valence-electron chi connectivity index (χ2n) is 3.60. The number of ether oxygens (including phenoxy) is 1. The highest BCUT2D eigenvalue weighted by Crippen LogP contribution is 2.23. The normalized spacial score (nSPS) is 11.2. The maximum Gasteiger partial charge on any atom is 0.120 e. The van der Waals surface area contributed by atoms with Crippen LogP contribution in [0.2, 0.25) is 0 Å². The Labute approximate surface area is 79.5 Å². The molecule has 0 bridgehead atoms. The van der Waals surface area contributed by atoms with Gasteiger partial charge >= 0.3 is 0 Å². The fourth-order valence-electron chi connectivity index (χ4n) is 1.07. The molecule has 0 radical (unpaired) electrons. The van der Waals surface area contributed by atoms with Gasteiger partial charge in [-0.2, -0.15) is 0 Å². The molecule has 0 aliphatic heterocycles. The molecule has 0 aromatic carbocycles. The molecule has 0 amide bonds. The molecule has 0 saturated heterocycles. The third-order valence-electron chi connectivity index (χ3n) is 1.95. The Morgan fingerprint density at radius 1 is 1.23 bits per heavy atom. The quantitative estimate of drug-likeness (QED) is 0.427. The van der Waals surface area contributed by atoms with Gasteiger partial charge < -0.3 is 14.3 Å². The zero-order valence-corrected chi connectivity index (χ0v) is 8.41. The predicted molar refractivity (Wildman–Crippen MR) is 50.6 cm³/mol. The molecule has 0 N–H and O–H groups in total. The highest BCUT2D eigenvalue weighted by Gasteiger charge is 2.23. The van der Waals surface area contributed by atoms with Crippen molar-refractivity contribution in [1.29, 1.82) is 0 Å². The Hall–Kier alpha value is -0.700. The summed E-state index contributed by atoms with van der Waals surface area (Å²) < 4.78 is 5.34. The summed E-state index contributed by atoms with van der Waals surface area (Å²) >= 11 is 0. The molecule has 0 unspecified atom stereocenters. The van der Waals surface area contributed by atoms with Crippen molar-refractivity contribution in [1.82, 2.24) is 0 Å². The van der Waals surface area contributed by atoms with Crippen molar-refractivity contribution in [3.8, 4) is 0 Å². The highest BCUT2D eigenvalue weighted by molar-refractivity contribution is 5.55. The second kappa shape index (κ2) is 6.78. The number of rotatable bonds is 8. The van der Waals surface area contributed by atoms with E-state index in [4.69, 9.17) is 4.74 Å². The first-order chi connectivity index (χ1) is 6.18. The summed E-state index contributed by atoms with van der Waals surface area (Å²) in [6.07, 6.45) is 3.42. The minimum Gasteiger partial charge on any atom is -0.381 e. The zero-order valence-electron chi connectivity index (χ0n) is 8.41. The Kier molecular flexibility index (Phi) is 6.41. The highest BCUT2D eigenvalue weighted by atomic mass is 16.5. The topological polar surface area (TPSA) is 43.4 Å². The van der Waals surface area contributed by atoms with Crippen molar-refractivity contribution < 1.29 is 14.3 Å². The van der Waals surface area contributed by atoms with Gasteiger partial charge in [0, 0.05) is 24.9 Å². The van der Waals surface area contributed by atoms with Crippen LogP contribution in [0.3, 0.4) is 0 Å². The number of hydrogen-bond donors (Lipinski definition) is 0. The SMILES string of the molecule is CCCOCC(C)(CC=O)CC=O. The maximum atomic E-state index is 10.4. The molecule has 0 aromatic rings. The second-order valence-corrected chi connectivity index (χ2v) is 3.60. The average molecular weight is 186 g/mol. The van der Waals surface area contributed by atoms with E-state index in [9.17, 15) is 9.59 Å². The van der Waals surface area contributed by atoms with E-state index in [2.05, 4.69) is 0 Å². The summed E-state index contributed by atoms with van der Waals surface area (Å²) in [7, 11) is 0. The van der Waals surface area contributed by atoms with Crippen LogP contribution < -0.4 is 0 Å². The van der Waals surface area contributed by atoms with Crippen LogP contribution in [-0.4, -0.2) is 25.8 Å².